The van der Waals surface area contributed by atoms with Crippen LogP contribution in [0.3, 0.4) is 0 Å². The number of hydrogen-bond donors (Lipinski definition) is 1. The first-order chi connectivity index (χ1) is 11.9. The molecule has 0 heterocycles. The summed E-state index contributed by atoms with van der Waals surface area (Å²) in [6, 6.07) is 25.1. The lowest BCUT2D eigenvalue weighted by Gasteiger charge is -2.14. The van der Waals surface area contributed by atoms with E-state index in [2.05, 4.69) is 0 Å². The Morgan fingerprint density at radius 3 is 1.50 bits per heavy atom. The maximum absolute atomic E-state index is 9.70. The number of rotatable bonds is 7. The van der Waals surface area contributed by atoms with Gasteiger partial charge in [-0.1, -0.05) is 54.6 Å². The van der Waals surface area contributed by atoms with Gasteiger partial charge in [-0.3, -0.25) is 0 Å². The SMILES string of the molecule is OSc1c(COc2ccccc2)cccc1COc1ccccc1. The molecule has 0 aliphatic rings. The van der Waals surface area contributed by atoms with Gasteiger partial charge in [-0.25, -0.2) is 0 Å². The van der Waals surface area contributed by atoms with Gasteiger partial charge in [0.1, 0.15) is 24.7 Å². The van der Waals surface area contributed by atoms with Crippen molar-refractivity contribution in [3.05, 3.63) is 90.0 Å². The molecule has 0 bridgehead atoms. The van der Waals surface area contributed by atoms with E-state index in [0.717, 1.165) is 39.6 Å². The van der Waals surface area contributed by atoms with Crippen LogP contribution in [-0.4, -0.2) is 4.55 Å². The zero-order chi connectivity index (χ0) is 16.6. The second-order valence-electron chi connectivity index (χ2n) is 5.20. The van der Waals surface area contributed by atoms with Crippen LogP contribution < -0.4 is 9.47 Å². The summed E-state index contributed by atoms with van der Waals surface area (Å²) in [6.45, 7) is 0.790. The molecule has 122 valence electrons. The summed E-state index contributed by atoms with van der Waals surface area (Å²) in [5.41, 5.74) is 1.86. The quantitative estimate of drug-likeness (QED) is 0.585. The third-order valence-corrected chi connectivity index (χ3v) is 4.25. The van der Waals surface area contributed by atoms with E-state index in [0.29, 0.717) is 13.2 Å². The van der Waals surface area contributed by atoms with Crippen molar-refractivity contribution in [1.82, 2.24) is 0 Å². The topological polar surface area (TPSA) is 38.7 Å². The van der Waals surface area contributed by atoms with Crippen LogP contribution in [0.4, 0.5) is 0 Å². The minimum atomic E-state index is 0.395. The molecule has 0 radical (unpaired) electrons. The average Bonchev–Trinajstić information content (AvgIpc) is 2.66. The first-order valence-corrected chi connectivity index (χ1v) is 8.42. The number of para-hydroxylation sites is 2. The Labute approximate surface area is 146 Å². The van der Waals surface area contributed by atoms with Crippen molar-refractivity contribution >= 4 is 12.0 Å². The Balaban J connectivity index is 1.71. The van der Waals surface area contributed by atoms with Crippen molar-refractivity contribution in [3.8, 4) is 11.5 Å². The highest BCUT2D eigenvalue weighted by molar-refractivity contribution is 7.93. The summed E-state index contributed by atoms with van der Waals surface area (Å²) in [4.78, 5) is 0.782. The maximum Gasteiger partial charge on any atom is 0.119 e. The Kier molecular flexibility index (Phi) is 5.77. The molecule has 0 aliphatic heterocycles. The van der Waals surface area contributed by atoms with E-state index in [4.69, 9.17) is 9.47 Å². The van der Waals surface area contributed by atoms with Gasteiger partial charge in [0.05, 0.1) is 0 Å². The molecule has 0 saturated carbocycles. The van der Waals surface area contributed by atoms with Gasteiger partial charge < -0.3 is 14.0 Å². The molecular weight excluding hydrogens is 320 g/mol. The maximum atomic E-state index is 9.70. The Bertz CT molecular complexity index is 699. The van der Waals surface area contributed by atoms with Gasteiger partial charge >= 0.3 is 0 Å². The first-order valence-electron chi connectivity index (χ1n) is 7.64. The fourth-order valence-electron chi connectivity index (χ4n) is 2.34. The lowest BCUT2D eigenvalue weighted by molar-refractivity contribution is 0.294. The van der Waals surface area contributed by atoms with E-state index >= 15 is 0 Å². The average molecular weight is 338 g/mol. The number of hydrogen-bond acceptors (Lipinski definition) is 4. The monoisotopic (exact) mass is 338 g/mol. The van der Waals surface area contributed by atoms with Gasteiger partial charge in [0, 0.05) is 28.1 Å². The van der Waals surface area contributed by atoms with Gasteiger partial charge in [0.2, 0.25) is 0 Å². The van der Waals surface area contributed by atoms with Crippen LogP contribution in [0.1, 0.15) is 11.1 Å². The fourth-order valence-corrected chi connectivity index (χ4v) is 2.83. The van der Waals surface area contributed by atoms with Crippen LogP contribution in [0.25, 0.3) is 0 Å². The smallest absolute Gasteiger partial charge is 0.119 e. The Morgan fingerprint density at radius 2 is 1.08 bits per heavy atom. The van der Waals surface area contributed by atoms with Crippen molar-refractivity contribution in [2.24, 2.45) is 0 Å². The molecule has 0 saturated heterocycles. The molecule has 3 nitrogen and oxygen atoms in total. The molecule has 1 N–H and O–H groups in total. The third-order valence-electron chi connectivity index (χ3n) is 3.54. The molecule has 0 amide bonds. The van der Waals surface area contributed by atoms with Gasteiger partial charge in [-0.15, -0.1) is 0 Å². The summed E-state index contributed by atoms with van der Waals surface area (Å²) in [6.07, 6.45) is 0. The fraction of sp³-hybridized carbons (Fsp3) is 0.100. The lowest BCUT2D eigenvalue weighted by Crippen LogP contribution is -2.03. The van der Waals surface area contributed by atoms with E-state index in [1.807, 2.05) is 78.9 Å². The summed E-state index contributed by atoms with van der Waals surface area (Å²) in [5.74, 6) is 1.61. The zero-order valence-corrected chi connectivity index (χ0v) is 13.9. The van der Waals surface area contributed by atoms with Gasteiger partial charge in [0.25, 0.3) is 0 Å². The zero-order valence-electron chi connectivity index (χ0n) is 13.1. The summed E-state index contributed by atoms with van der Waals surface area (Å²) >= 11 is 0.732. The van der Waals surface area contributed by atoms with Crippen molar-refractivity contribution in [3.63, 3.8) is 0 Å². The predicted molar refractivity (Wildman–Crippen MR) is 96.5 cm³/mol. The largest absolute Gasteiger partial charge is 0.489 e. The summed E-state index contributed by atoms with van der Waals surface area (Å²) < 4.78 is 21.3. The van der Waals surface area contributed by atoms with Crippen molar-refractivity contribution in [2.45, 2.75) is 18.1 Å². The van der Waals surface area contributed by atoms with E-state index < -0.39 is 0 Å². The summed E-state index contributed by atoms with van der Waals surface area (Å²) in [5, 5.41) is 0. The molecule has 0 aliphatic carbocycles. The molecule has 0 spiro atoms. The molecule has 0 aromatic heterocycles. The first kappa shape index (κ1) is 16.4. The highest BCUT2D eigenvalue weighted by Crippen LogP contribution is 2.27. The predicted octanol–water partition coefficient (Wildman–Crippen LogP) is 5.41. The second kappa shape index (κ2) is 8.43. The lowest BCUT2D eigenvalue weighted by atomic mass is 10.1. The second-order valence-corrected chi connectivity index (χ2v) is 5.79. The molecule has 4 heteroatoms. The van der Waals surface area contributed by atoms with Crippen LogP contribution in [0.15, 0.2) is 83.8 Å². The standard InChI is InChI=1S/C20H18O3S/c21-24-20-16(14-22-18-10-3-1-4-11-18)8-7-9-17(20)15-23-19-12-5-2-6-13-19/h1-13,21H,14-15H2. The molecular formula is C20H18O3S. The van der Waals surface area contributed by atoms with Crippen LogP contribution >= 0.6 is 12.0 Å². The molecule has 3 aromatic carbocycles. The van der Waals surface area contributed by atoms with Crippen LogP contribution in [0.2, 0.25) is 0 Å². The molecule has 0 atom stereocenters. The normalized spacial score (nSPS) is 10.4. The van der Waals surface area contributed by atoms with Crippen molar-refractivity contribution in [2.75, 3.05) is 0 Å². The Morgan fingerprint density at radius 1 is 0.625 bits per heavy atom. The molecule has 0 unspecified atom stereocenters. The number of ether oxygens (including phenoxy) is 2. The third kappa shape index (κ3) is 4.31. The molecule has 3 rings (SSSR count). The van der Waals surface area contributed by atoms with Gasteiger partial charge in [-0.2, -0.15) is 0 Å². The van der Waals surface area contributed by atoms with Crippen LogP contribution in [-0.2, 0) is 13.2 Å². The highest BCUT2D eigenvalue weighted by Gasteiger charge is 2.10. The molecule has 0 fully saturated rings. The van der Waals surface area contributed by atoms with E-state index in [1.54, 1.807) is 0 Å². The van der Waals surface area contributed by atoms with Gasteiger partial charge in [0.15, 0.2) is 0 Å². The van der Waals surface area contributed by atoms with Crippen LogP contribution in [0.5, 0.6) is 11.5 Å². The van der Waals surface area contributed by atoms with Gasteiger partial charge in [-0.05, 0) is 24.3 Å². The van der Waals surface area contributed by atoms with E-state index in [9.17, 15) is 4.55 Å². The summed E-state index contributed by atoms with van der Waals surface area (Å²) in [7, 11) is 0. The van der Waals surface area contributed by atoms with E-state index in [1.165, 1.54) is 0 Å². The minimum Gasteiger partial charge on any atom is -0.489 e. The van der Waals surface area contributed by atoms with Crippen molar-refractivity contribution in [1.29, 1.82) is 0 Å². The highest BCUT2D eigenvalue weighted by atomic mass is 32.2. The van der Waals surface area contributed by atoms with Crippen molar-refractivity contribution < 1.29 is 14.0 Å². The number of benzene rings is 3. The minimum absolute atomic E-state index is 0.395. The Hall–Kier alpha value is -2.43. The van der Waals surface area contributed by atoms with E-state index in [-0.39, 0.29) is 0 Å². The van der Waals surface area contributed by atoms with Crippen LogP contribution in [0, 0.1) is 0 Å². The molecule has 3 aromatic rings. The molecule has 24 heavy (non-hydrogen) atoms.